The van der Waals surface area contributed by atoms with Crippen molar-refractivity contribution >= 4 is 5.69 Å². The van der Waals surface area contributed by atoms with Crippen molar-refractivity contribution in [3.05, 3.63) is 39.7 Å². The lowest BCUT2D eigenvalue weighted by Crippen LogP contribution is -2.32. The minimum atomic E-state index is -0.454. The Labute approximate surface area is 98.8 Å². The fourth-order valence-corrected chi connectivity index (χ4v) is 2.73. The quantitative estimate of drug-likeness (QED) is 0.649. The number of hydrogen-bond acceptors (Lipinski definition) is 3. The van der Waals surface area contributed by atoms with Crippen LogP contribution < -0.4 is 5.73 Å². The Hall–Kier alpha value is -1.49. The van der Waals surface area contributed by atoms with Crippen molar-refractivity contribution in [3.63, 3.8) is 0 Å². The van der Waals surface area contributed by atoms with E-state index in [1.54, 1.807) is 0 Å². The predicted molar refractivity (Wildman–Crippen MR) is 62.3 cm³/mol. The molecule has 4 nitrogen and oxygen atoms in total. The molecular weight excluding hydrogens is 223 g/mol. The Bertz CT molecular complexity index is 442. The van der Waals surface area contributed by atoms with Crippen LogP contribution in [0.5, 0.6) is 0 Å². The van der Waals surface area contributed by atoms with Crippen LogP contribution in [0.15, 0.2) is 18.2 Å². The zero-order valence-corrected chi connectivity index (χ0v) is 9.49. The van der Waals surface area contributed by atoms with E-state index in [1.165, 1.54) is 12.1 Å². The molecule has 1 aromatic rings. The van der Waals surface area contributed by atoms with E-state index < -0.39 is 16.2 Å². The van der Waals surface area contributed by atoms with Crippen LogP contribution in [0.25, 0.3) is 0 Å². The lowest BCUT2D eigenvalue weighted by molar-refractivity contribution is -0.386. The van der Waals surface area contributed by atoms with Crippen LogP contribution in [-0.4, -0.2) is 11.5 Å². The Kier molecular flexibility index (Phi) is 3.11. The zero-order valence-electron chi connectivity index (χ0n) is 9.49. The molecule has 1 aliphatic carbocycles. The van der Waals surface area contributed by atoms with Gasteiger partial charge in [0.2, 0.25) is 0 Å². The second-order valence-corrected chi connectivity index (χ2v) is 4.61. The van der Waals surface area contributed by atoms with Gasteiger partial charge in [0.25, 0.3) is 5.69 Å². The van der Waals surface area contributed by atoms with Crippen molar-refractivity contribution in [2.45, 2.75) is 31.1 Å². The van der Waals surface area contributed by atoms with E-state index in [-0.39, 0.29) is 5.69 Å². The molecule has 0 saturated heterocycles. The summed E-state index contributed by atoms with van der Waals surface area (Å²) in [6.07, 6.45) is 3.58. The maximum Gasteiger partial charge on any atom is 0.273 e. The van der Waals surface area contributed by atoms with Crippen molar-refractivity contribution < 1.29 is 9.31 Å². The first-order valence-corrected chi connectivity index (χ1v) is 5.73. The van der Waals surface area contributed by atoms with Crippen LogP contribution in [0.4, 0.5) is 10.1 Å². The minimum absolute atomic E-state index is 0.0150. The highest BCUT2D eigenvalue weighted by Crippen LogP contribution is 2.43. The number of nitro benzene ring substituents is 1. The molecule has 1 aliphatic rings. The zero-order chi connectivity index (χ0) is 12.5. The van der Waals surface area contributed by atoms with E-state index in [9.17, 15) is 14.5 Å². The molecular formula is C12H15FN2O2. The van der Waals surface area contributed by atoms with E-state index in [2.05, 4.69) is 0 Å². The second kappa shape index (κ2) is 4.41. The van der Waals surface area contributed by atoms with Gasteiger partial charge in [-0.05, 0) is 25.0 Å². The summed E-state index contributed by atoms with van der Waals surface area (Å²) >= 11 is 0. The third-order valence-corrected chi connectivity index (χ3v) is 3.68. The summed E-state index contributed by atoms with van der Waals surface area (Å²) in [6, 6.07) is 3.64. The van der Waals surface area contributed by atoms with Gasteiger partial charge in [-0.2, -0.15) is 0 Å². The predicted octanol–water partition coefficient (Wildman–Crippen LogP) is 2.50. The van der Waals surface area contributed by atoms with Crippen LogP contribution >= 0.6 is 0 Å². The van der Waals surface area contributed by atoms with Crippen molar-refractivity contribution in [1.29, 1.82) is 0 Å². The van der Waals surface area contributed by atoms with Crippen LogP contribution in [0, 0.1) is 15.9 Å². The molecule has 0 aliphatic heterocycles. The van der Waals surface area contributed by atoms with Gasteiger partial charge < -0.3 is 5.73 Å². The van der Waals surface area contributed by atoms with Gasteiger partial charge >= 0.3 is 0 Å². The molecule has 1 aromatic carbocycles. The summed E-state index contributed by atoms with van der Waals surface area (Å²) in [5.74, 6) is -0.440. The monoisotopic (exact) mass is 238 g/mol. The van der Waals surface area contributed by atoms with E-state index in [4.69, 9.17) is 5.73 Å². The standard InChI is InChI=1S/C12H15FN2O2/c13-9-3-4-11(15(16)17)10(7-9)12(8-14)5-1-2-6-12/h3-4,7H,1-2,5-6,8,14H2. The Morgan fingerprint density at radius 1 is 1.41 bits per heavy atom. The van der Waals surface area contributed by atoms with Gasteiger partial charge in [-0.25, -0.2) is 4.39 Å². The molecule has 0 aromatic heterocycles. The smallest absolute Gasteiger partial charge is 0.273 e. The SMILES string of the molecule is NCC1(c2cc(F)ccc2[N+](=O)[O-])CCCC1. The number of nitro groups is 1. The highest BCUT2D eigenvalue weighted by atomic mass is 19.1. The number of rotatable bonds is 3. The van der Waals surface area contributed by atoms with Crippen LogP contribution in [-0.2, 0) is 5.41 Å². The topological polar surface area (TPSA) is 69.2 Å². The number of nitrogens with two attached hydrogens (primary N) is 1. The van der Waals surface area contributed by atoms with Crippen LogP contribution in [0.2, 0.25) is 0 Å². The molecule has 2 N–H and O–H groups in total. The number of benzene rings is 1. The van der Waals surface area contributed by atoms with Gasteiger partial charge in [0.15, 0.2) is 0 Å². The molecule has 92 valence electrons. The van der Waals surface area contributed by atoms with Gasteiger partial charge in [0.1, 0.15) is 5.82 Å². The Morgan fingerprint density at radius 3 is 2.59 bits per heavy atom. The summed E-state index contributed by atoms with van der Waals surface area (Å²) < 4.78 is 13.3. The molecule has 0 heterocycles. The van der Waals surface area contributed by atoms with Crippen molar-refractivity contribution in [2.75, 3.05) is 6.54 Å². The number of nitrogens with zero attached hydrogens (tertiary/aromatic N) is 1. The van der Waals surface area contributed by atoms with E-state index in [1.807, 2.05) is 0 Å². The van der Waals surface area contributed by atoms with Crippen LogP contribution in [0.1, 0.15) is 31.2 Å². The second-order valence-electron chi connectivity index (χ2n) is 4.61. The first-order valence-electron chi connectivity index (χ1n) is 5.73. The van der Waals surface area contributed by atoms with Gasteiger partial charge in [0, 0.05) is 23.6 Å². The van der Waals surface area contributed by atoms with E-state index in [0.717, 1.165) is 31.7 Å². The Morgan fingerprint density at radius 2 is 2.06 bits per heavy atom. The molecule has 1 fully saturated rings. The van der Waals surface area contributed by atoms with Crippen molar-refractivity contribution in [1.82, 2.24) is 0 Å². The first kappa shape index (κ1) is 12.0. The summed E-state index contributed by atoms with van der Waals surface area (Å²) in [4.78, 5) is 10.5. The largest absolute Gasteiger partial charge is 0.330 e. The molecule has 1 saturated carbocycles. The maximum atomic E-state index is 13.3. The van der Waals surface area contributed by atoms with E-state index >= 15 is 0 Å². The minimum Gasteiger partial charge on any atom is -0.330 e. The summed E-state index contributed by atoms with van der Waals surface area (Å²) in [6.45, 7) is 0.331. The molecule has 0 bridgehead atoms. The lowest BCUT2D eigenvalue weighted by atomic mass is 9.78. The molecule has 0 radical (unpaired) electrons. The fraction of sp³-hybridized carbons (Fsp3) is 0.500. The number of halogens is 1. The lowest BCUT2D eigenvalue weighted by Gasteiger charge is -2.27. The summed E-state index contributed by atoms with van der Waals surface area (Å²) in [7, 11) is 0. The van der Waals surface area contributed by atoms with Crippen molar-refractivity contribution in [3.8, 4) is 0 Å². The highest BCUT2D eigenvalue weighted by molar-refractivity contribution is 5.46. The van der Waals surface area contributed by atoms with Crippen LogP contribution in [0.3, 0.4) is 0 Å². The molecule has 0 amide bonds. The number of hydrogen-bond donors (Lipinski definition) is 1. The first-order chi connectivity index (χ1) is 8.09. The molecule has 0 unspecified atom stereocenters. The normalized spacial score (nSPS) is 18.2. The maximum absolute atomic E-state index is 13.3. The van der Waals surface area contributed by atoms with Crippen molar-refractivity contribution in [2.24, 2.45) is 5.73 Å². The van der Waals surface area contributed by atoms with Gasteiger partial charge in [0.05, 0.1) is 4.92 Å². The summed E-state index contributed by atoms with van der Waals surface area (Å²) in [5.41, 5.74) is 5.81. The van der Waals surface area contributed by atoms with Gasteiger partial charge in [-0.15, -0.1) is 0 Å². The Balaban J connectivity index is 2.55. The average Bonchev–Trinajstić information content (AvgIpc) is 2.78. The third-order valence-electron chi connectivity index (χ3n) is 3.68. The molecule has 5 heteroatoms. The highest BCUT2D eigenvalue weighted by Gasteiger charge is 2.39. The van der Waals surface area contributed by atoms with E-state index in [0.29, 0.717) is 12.1 Å². The molecule has 2 rings (SSSR count). The fourth-order valence-electron chi connectivity index (χ4n) is 2.73. The average molecular weight is 238 g/mol. The molecule has 17 heavy (non-hydrogen) atoms. The molecule has 0 spiro atoms. The van der Waals surface area contributed by atoms with Gasteiger partial charge in [-0.3, -0.25) is 10.1 Å². The van der Waals surface area contributed by atoms with Gasteiger partial charge in [-0.1, -0.05) is 12.8 Å². The molecule has 0 atom stereocenters. The summed E-state index contributed by atoms with van der Waals surface area (Å²) in [5, 5.41) is 11.0. The third kappa shape index (κ3) is 2.02.